The molecule has 102 valence electrons. The second-order valence-corrected chi connectivity index (χ2v) is 5.03. The Labute approximate surface area is 116 Å². The summed E-state index contributed by atoms with van der Waals surface area (Å²) in [6, 6.07) is 6.56. The first-order chi connectivity index (χ1) is 9.40. The van der Waals surface area contributed by atoms with Gasteiger partial charge in [-0.2, -0.15) is 5.26 Å². The zero-order valence-electron chi connectivity index (χ0n) is 11.1. The molecule has 0 bridgehead atoms. The molecule has 1 aromatic carbocycles. The molecule has 0 aromatic heterocycles. The Morgan fingerprint density at radius 3 is 2.70 bits per heavy atom. The van der Waals surface area contributed by atoms with E-state index >= 15 is 0 Å². The van der Waals surface area contributed by atoms with Crippen molar-refractivity contribution in [3.63, 3.8) is 0 Å². The van der Waals surface area contributed by atoms with E-state index in [9.17, 15) is 19.6 Å². The fourth-order valence-corrected chi connectivity index (χ4v) is 2.12. The maximum atomic E-state index is 11.9. The van der Waals surface area contributed by atoms with E-state index in [4.69, 9.17) is 0 Å². The van der Waals surface area contributed by atoms with Gasteiger partial charge >= 0.3 is 0 Å². The first-order valence-electron chi connectivity index (χ1n) is 6.01. The lowest BCUT2D eigenvalue weighted by atomic mass is 9.96. The van der Waals surface area contributed by atoms with E-state index in [0.717, 1.165) is 0 Å². The van der Waals surface area contributed by atoms with Crippen LogP contribution in [0.2, 0.25) is 0 Å². The Morgan fingerprint density at radius 1 is 1.40 bits per heavy atom. The summed E-state index contributed by atoms with van der Waals surface area (Å²) < 4.78 is 0. The van der Waals surface area contributed by atoms with Crippen LogP contribution in [-0.2, 0) is 9.59 Å². The lowest BCUT2D eigenvalue weighted by Crippen LogP contribution is -2.64. The van der Waals surface area contributed by atoms with Gasteiger partial charge in [-0.1, -0.05) is 0 Å². The predicted molar refractivity (Wildman–Crippen MR) is 71.1 cm³/mol. The van der Waals surface area contributed by atoms with Crippen molar-refractivity contribution in [3.8, 4) is 6.07 Å². The lowest BCUT2D eigenvalue weighted by Gasteiger charge is -2.42. The Morgan fingerprint density at radius 2 is 2.10 bits per heavy atom. The Bertz CT molecular complexity index is 644. The van der Waals surface area contributed by atoms with Crippen LogP contribution < -0.4 is 10.2 Å². The van der Waals surface area contributed by atoms with Gasteiger partial charge in [-0.25, -0.2) is 0 Å². The monoisotopic (exact) mass is 271 g/mol. The van der Waals surface area contributed by atoms with Crippen LogP contribution in [0.5, 0.6) is 0 Å². The average molecular weight is 271 g/mol. The van der Waals surface area contributed by atoms with Crippen molar-refractivity contribution in [1.82, 2.24) is 5.32 Å². The van der Waals surface area contributed by atoms with Gasteiger partial charge in [0.25, 0.3) is 5.91 Å². The number of anilines is 1. The van der Waals surface area contributed by atoms with Crippen molar-refractivity contribution in [3.05, 3.63) is 29.3 Å². The molecule has 6 nitrogen and oxygen atoms in total. The summed E-state index contributed by atoms with van der Waals surface area (Å²) in [6.07, 6.45) is 0.643. The van der Waals surface area contributed by atoms with Gasteiger partial charge in [0.15, 0.2) is 0 Å². The fraction of sp³-hybridized carbons (Fsp3) is 0.286. The number of hydrogen-bond acceptors (Lipinski definition) is 5. The number of nitrogens with one attached hydrogen (secondary N) is 1. The summed E-state index contributed by atoms with van der Waals surface area (Å²) in [4.78, 5) is 35.8. The molecule has 0 radical (unpaired) electrons. The molecule has 0 unspecified atom stereocenters. The molecule has 2 rings (SSSR count). The van der Waals surface area contributed by atoms with Gasteiger partial charge in [-0.05, 0) is 32.0 Å². The number of hydrogen-bond donors (Lipinski definition) is 1. The minimum atomic E-state index is -0.956. The quantitative estimate of drug-likeness (QED) is 0.628. The summed E-state index contributed by atoms with van der Waals surface area (Å²) >= 11 is 0. The van der Waals surface area contributed by atoms with Gasteiger partial charge in [-0.15, -0.1) is 0 Å². The minimum Gasteiger partial charge on any atom is -0.347 e. The molecule has 6 heteroatoms. The van der Waals surface area contributed by atoms with Crippen LogP contribution in [0.15, 0.2) is 18.2 Å². The van der Waals surface area contributed by atoms with E-state index in [-0.39, 0.29) is 12.1 Å². The number of amides is 2. The number of piperazine rings is 1. The topological polar surface area (TPSA) is 90.3 Å². The summed E-state index contributed by atoms with van der Waals surface area (Å²) in [7, 11) is 0. The number of nitriles is 1. The third-order valence-corrected chi connectivity index (χ3v) is 3.35. The third-order valence-electron chi connectivity index (χ3n) is 3.35. The number of nitrogens with zero attached hydrogens (tertiary/aromatic N) is 2. The van der Waals surface area contributed by atoms with Crippen LogP contribution in [0.1, 0.15) is 29.8 Å². The summed E-state index contributed by atoms with van der Waals surface area (Å²) in [5.41, 5.74) is 0.134. The molecule has 0 saturated carbocycles. The summed E-state index contributed by atoms with van der Waals surface area (Å²) in [6.45, 7) is 3.32. The van der Waals surface area contributed by atoms with E-state index in [2.05, 4.69) is 5.32 Å². The molecule has 1 heterocycles. The number of benzene rings is 1. The zero-order chi connectivity index (χ0) is 14.9. The number of rotatable bonds is 2. The van der Waals surface area contributed by atoms with Crippen molar-refractivity contribution in [2.24, 2.45) is 0 Å². The van der Waals surface area contributed by atoms with Gasteiger partial charge in [-0.3, -0.25) is 19.7 Å². The highest BCUT2D eigenvalue weighted by Crippen LogP contribution is 2.29. The van der Waals surface area contributed by atoms with Crippen molar-refractivity contribution in [1.29, 1.82) is 5.26 Å². The van der Waals surface area contributed by atoms with Gasteiger partial charge in [0, 0.05) is 5.56 Å². The molecule has 1 N–H and O–H groups in total. The van der Waals surface area contributed by atoms with Gasteiger partial charge < -0.3 is 4.90 Å². The molecule has 1 aromatic rings. The number of carbonyl (C=O) groups excluding carboxylic acids is 3. The van der Waals surface area contributed by atoms with Crippen LogP contribution in [0, 0.1) is 11.3 Å². The maximum Gasteiger partial charge on any atom is 0.251 e. The smallest absolute Gasteiger partial charge is 0.251 e. The summed E-state index contributed by atoms with van der Waals surface area (Å²) in [5.74, 6) is -0.838. The third kappa shape index (κ3) is 2.14. The molecule has 1 saturated heterocycles. The van der Waals surface area contributed by atoms with Crippen molar-refractivity contribution in [2.45, 2.75) is 19.4 Å². The molecular formula is C14H13N3O3. The van der Waals surface area contributed by atoms with Crippen molar-refractivity contribution < 1.29 is 14.4 Å². The highest BCUT2D eigenvalue weighted by atomic mass is 16.2. The molecule has 1 fully saturated rings. The molecule has 0 aliphatic carbocycles. The molecule has 0 atom stereocenters. The molecule has 2 amide bonds. The highest BCUT2D eigenvalue weighted by Gasteiger charge is 2.41. The average Bonchev–Trinajstić information content (AvgIpc) is 2.42. The van der Waals surface area contributed by atoms with Crippen LogP contribution >= 0.6 is 0 Å². The Hall–Kier alpha value is -2.68. The SMILES string of the molecule is CC1(C)C(=O)NC(=O)CN1c1ccc(C=O)cc1C#N. The van der Waals surface area contributed by atoms with Crippen LogP contribution in [0.25, 0.3) is 0 Å². The standard InChI is InChI=1S/C14H13N3O3/c1-14(2)13(20)16-12(19)7-17(14)11-4-3-9(8-18)5-10(11)6-15/h3-5,8H,7H2,1-2H3,(H,16,19,20). The van der Waals surface area contributed by atoms with Gasteiger partial charge in [0.05, 0.1) is 17.8 Å². The van der Waals surface area contributed by atoms with E-state index in [1.807, 2.05) is 6.07 Å². The number of aldehydes is 1. The van der Waals surface area contributed by atoms with E-state index < -0.39 is 17.4 Å². The number of carbonyl (C=O) groups is 3. The molecular weight excluding hydrogens is 258 g/mol. The van der Waals surface area contributed by atoms with E-state index in [1.165, 1.54) is 6.07 Å². The first-order valence-corrected chi connectivity index (χ1v) is 6.01. The first kappa shape index (κ1) is 13.7. The Kier molecular flexibility index (Phi) is 3.28. The fourth-order valence-electron chi connectivity index (χ4n) is 2.12. The maximum absolute atomic E-state index is 11.9. The molecule has 1 aliphatic rings. The van der Waals surface area contributed by atoms with Crippen LogP contribution in [-0.4, -0.2) is 30.2 Å². The van der Waals surface area contributed by atoms with Crippen LogP contribution in [0.4, 0.5) is 5.69 Å². The highest BCUT2D eigenvalue weighted by molar-refractivity contribution is 6.07. The normalized spacial score (nSPS) is 17.4. The predicted octanol–water partition coefficient (Wildman–Crippen LogP) is 0.612. The zero-order valence-corrected chi connectivity index (χ0v) is 11.1. The molecule has 20 heavy (non-hydrogen) atoms. The largest absolute Gasteiger partial charge is 0.347 e. The molecule has 0 spiro atoms. The second kappa shape index (κ2) is 4.78. The van der Waals surface area contributed by atoms with Gasteiger partial charge in [0.1, 0.15) is 17.9 Å². The molecule has 1 aliphatic heterocycles. The van der Waals surface area contributed by atoms with Crippen molar-refractivity contribution >= 4 is 23.8 Å². The van der Waals surface area contributed by atoms with Gasteiger partial charge in [0.2, 0.25) is 5.91 Å². The van der Waals surface area contributed by atoms with E-state index in [0.29, 0.717) is 17.5 Å². The van der Waals surface area contributed by atoms with E-state index in [1.54, 1.807) is 30.9 Å². The lowest BCUT2D eigenvalue weighted by molar-refractivity contribution is -0.135. The van der Waals surface area contributed by atoms with Crippen molar-refractivity contribution in [2.75, 3.05) is 11.4 Å². The minimum absolute atomic E-state index is 0.0200. The van der Waals surface area contributed by atoms with Crippen LogP contribution in [0.3, 0.4) is 0 Å². The second-order valence-electron chi connectivity index (χ2n) is 5.03. The summed E-state index contributed by atoms with van der Waals surface area (Å²) in [5, 5.41) is 11.5. The number of imide groups is 1. The Balaban J connectivity index is 2.54.